The molecule has 16 heteroatoms. The smallest absolute Gasteiger partial charge is 0.272 e. The molecule has 0 radical (unpaired) electrons. The Morgan fingerprint density at radius 1 is 1.06 bits per heavy atom. The lowest BCUT2D eigenvalue weighted by Crippen LogP contribution is -2.14. The number of halogens is 4. The van der Waals surface area contributed by atoms with Gasteiger partial charge in [-0.3, -0.25) is 4.79 Å². The van der Waals surface area contributed by atoms with Gasteiger partial charge in [-0.05, 0) is 55.0 Å². The van der Waals surface area contributed by atoms with Crippen molar-refractivity contribution in [3.8, 4) is 34.2 Å². The lowest BCUT2D eigenvalue weighted by molar-refractivity contribution is 0.0822. The lowest BCUT2D eigenvalue weighted by Gasteiger charge is -2.15. The summed E-state index contributed by atoms with van der Waals surface area (Å²) in [5.41, 5.74) is 7.82. The number of carbonyl (C=O) groups excluding carboxylic acids is 1. The van der Waals surface area contributed by atoms with Crippen molar-refractivity contribution in [2.75, 3.05) is 12.3 Å². The van der Waals surface area contributed by atoms with Crippen LogP contribution in [0.4, 0.5) is 19.0 Å². The number of hydrogen-bond donors (Lipinski definition) is 3. The Morgan fingerprint density at radius 3 is 2.54 bits per heavy atom. The van der Waals surface area contributed by atoms with Gasteiger partial charge in [-0.1, -0.05) is 29.8 Å². The van der Waals surface area contributed by atoms with E-state index in [0.717, 1.165) is 0 Å². The molecule has 3 aromatic heterocycles. The van der Waals surface area contributed by atoms with Crippen molar-refractivity contribution < 1.29 is 35.9 Å². The van der Waals surface area contributed by atoms with E-state index in [-0.39, 0.29) is 55.5 Å². The monoisotopic (exact) mass is 696 g/mol. The van der Waals surface area contributed by atoms with Gasteiger partial charge in [0.15, 0.2) is 11.6 Å². The summed E-state index contributed by atoms with van der Waals surface area (Å²) >= 11 is 6.39. The van der Waals surface area contributed by atoms with E-state index in [9.17, 15) is 26.4 Å². The van der Waals surface area contributed by atoms with Crippen molar-refractivity contribution in [2.24, 2.45) is 5.14 Å². The zero-order valence-corrected chi connectivity index (χ0v) is 26.3. The molecule has 48 heavy (non-hydrogen) atoms. The fraction of sp³-hybridized carbons (Fsp3) is 0.0938. The molecule has 0 saturated carbocycles. The first-order valence-electron chi connectivity index (χ1n) is 14.0. The van der Waals surface area contributed by atoms with Crippen LogP contribution in [0.1, 0.15) is 21.6 Å². The molecule has 246 valence electrons. The zero-order chi connectivity index (χ0) is 34.3. The maximum absolute atomic E-state index is 14.0. The number of nitrogen functional groups attached to an aromatic ring is 1. The number of alkyl halides is 2. The topological polar surface area (TPSA) is 168 Å². The number of aryl methyl sites for hydroxylation is 1. The van der Waals surface area contributed by atoms with Gasteiger partial charge in [0.1, 0.15) is 18.2 Å². The largest absolute Gasteiger partial charge is 0.487 e. The standard InChI is InChI=1S/C32H24ClF3N6O5S/c1-16-9-29(47-25-7-3-2-6-21(25)34)39-14-24(16)42-32(37)19(13-40-42)31(43)23-10-17-11-26(46-15-28(35)36)18(12-22(17)41-23)30-20(33)5-4-8-27(30)48(38,44)45/h2-14,28,41H,15,37H2,1H3,(H2,38,44,45). The Bertz CT molecular complexity index is 2330. The van der Waals surface area contributed by atoms with Crippen LogP contribution in [0.3, 0.4) is 0 Å². The maximum Gasteiger partial charge on any atom is 0.272 e. The number of hydrogen-bond acceptors (Lipinski definition) is 8. The minimum absolute atomic E-state index is 0.00137. The normalized spacial score (nSPS) is 11.7. The maximum atomic E-state index is 14.0. The van der Waals surface area contributed by atoms with Crippen LogP contribution in [0.2, 0.25) is 5.02 Å². The van der Waals surface area contributed by atoms with E-state index >= 15 is 0 Å². The minimum atomic E-state index is -4.30. The number of aromatic nitrogens is 4. The number of nitrogens with one attached hydrogen (secondary N) is 1. The molecule has 0 bridgehead atoms. The van der Waals surface area contributed by atoms with Gasteiger partial charge >= 0.3 is 0 Å². The number of primary sulfonamides is 1. The van der Waals surface area contributed by atoms with E-state index in [4.69, 9.17) is 31.9 Å². The second-order valence-electron chi connectivity index (χ2n) is 10.5. The van der Waals surface area contributed by atoms with Crippen molar-refractivity contribution in [2.45, 2.75) is 18.2 Å². The van der Waals surface area contributed by atoms with Gasteiger partial charge in [0.2, 0.25) is 21.7 Å². The van der Waals surface area contributed by atoms with Crippen LogP contribution in [0.5, 0.6) is 17.4 Å². The second-order valence-corrected chi connectivity index (χ2v) is 12.4. The van der Waals surface area contributed by atoms with Gasteiger partial charge in [-0.25, -0.2) is 36.4 Å². The molecule has 3 heterocycles. The molecule has 0 aliphatic carbocycles. The highest BCUT2D eigenvalue weighted by Crippen LogP contribution is 2.41. The van der Waals surface area contributed by atoms with Crippen LogP contribution in [-0.4, -0.2) is 47.0 Å². The average molecular weight is 697 g/mol. The molecular formula is C32H24ClF3N6O5S. The van der Waals surface area contributed by atoms with E-state index in [2.05, 4.69) is 15.1 Å². The summed E-state index contributed by atoms with van der Waals surface area (Å²) < 4.78 is 77.4. The van der Waals surface area contributed by atoms with Crippen molar-refractivity contribution in [1.29, 1.82) is 0 Å². The summed E-state index contributed by atoms with van der Waals surface area (Å²) in [6.07, 6.45) is -0.148. The number of benzene rings is 3. The van der Waals surface area contributed by atoms with Crippen molar-refractivity contribution >= 4 is 44.1 Å². The van der Waals surface area contributed by atoms with Crippen LogP contribution in [0, 0.1) is 12.7 Å². The lowest BCUT2D eigenvalue weighted by atomic mass is 10.0. The highest BCUT2D eigenvalue weighted by molar-refractivity contribution is 7.89. The molecule has 0 atom stereocenters. The number of carbonyl (C=O) groups is 1. The Labute approximate surface area is 275 Å². The molecule has 5 N–H and O–H groups in total. The molecule has 6 rings (SSSR count). The molecule has 0 unspecified atom stereocenters. The highest BCUT2D eigenvalue weighted by atomic mass is 35.5. The first-order chi connectivity index (χ1) is 22.8. The van der Waals surface area contributed by atoms with Gasteiger partial charge in [0.25, 0.3) is 6.43 Å². The molecule has 0 aliphatic rings. The third kappa shape index (κ3) is 6.30. The first-order valence-corrected chi connectivity index (χ1v) is 15.9. The van der Waals surface area contributed by atoms with E-state index in [0.29, 0.717) is 22.2 Å². The zero-order valence-electron chi connectivity index (χ0n) is 24.7. The number of aromatic amines is 1. The van der Waals surface area contributed by atoms with Crippen molar-refractivity contribution in [3.63, 3.8) is 0 Å². The number of ketones is 1. The molecular weight excluding hydrogens is 673 g/mol. The second kappa shape index (κ2) is 12.7. The van der Waals surface area contributed by atoms with Crippen molar-refractivity contribution in [3.05, 3.63) is 107 Å². The van der Waals surface area contributed by atoms with E-state index in [1.807, 2.05) is 0 Å². The third-order valence-corrected chi connectivity index (χ3v) is 8.54. The third-order valence-electron chi connectivity index (χ3n) is 7.27. The Morgan fingerprint density at radius 2 is 1.83 bits per heavy atom. The van der Waals surface area contributed by atoms with Gasteiger partial charge in [-0.2, -0.15) is 5.10 Å². The Hall–Kier alpha value is -5.38. The predicted octanol–water partition coefficient (Wildman–Crippen LogP) is 6.41. The fourth-order valence-electron chi connectivity index (χ4n) is 5.06. The summed E-state index contributed by atoms with van der Waals surface area (Å²) in [6.45, 7) is 0.737. The Kier molecular flexibility index (Phi) is 8.59. The van der Waals surface area contributed by atoms with E-state index in [1.54, 1.807) is 19.1 Å². The number of anilines is 1. The molecule has 0 fully saturated rings. The molecule has 11 nitrogen and oxygen atoms in total. The summed E-state index contributed by atoms with van der Waals surface area (Å²) in [6, 6.07) is 15.7. The molecule has 0 saturated heterocycles. The summed E-state index contributed by atoms with van der Waals surface area (Å²) in [4.78, 5) is 20.5. The quantitative estimate of drug-likeness (QED) is 0.138. The van der Waals surface area contributed by atoms with E-state index in [1.165, 1.54) is 71.7 Å². The van der Waals surface area contributed by atoms with Crippen LogP contribution in [0.15, 0.2) is 84.0 Å². The van der Waals surface area contributed by atoms with Crippen LogP contribution in [-0.2, 0) is 10.0 Å². The average Bonchev–Trinajstić information content (AvgIpc) is 3.63. The van der Waals surface area contributed by atoms with E-state index < -0.39 is 34.7 Å². The fourth-order valence-corrected chi connectivity index (χ4v) is 6.17. The molecule has 6 aromatic rings. The number of H-pyrrole nitrogens is 1. The number of rotatable bonds is 10. The first kappa shape index (κ1) is 32.6. The number of para-hydroxylation sites is 1. The number of fused-ring (bicyclic) bond motifs is 1. The van der Waals surface area contributed by atoms with Crippen molar-refractivity contribution in [1.82, 2.24) is 19.7 Å². The SMILES string of the molecule is Cc1cc(Oc2ccccc2F)ncc1-n1ncc(C(=O)c2cc3cc(OCC(F)F)c(-c4c(Cl)cccc4S(N)(=O)=O)cc3[nH]2)c1N. The van der Waals surface area contributed by atoms with Crippen LogP contribution in [0.25, 0.3) is 27.7 Å². The molecule has 0 amide bonds. The number of nitrogens with two attached hydrogens (primary N) is 2. The van der Waals surface area contributed by atoms with Crippen LogP contribution < -0.4 is 20.3 Å². The number of pyridine rings is 1. The summed E-state index contributed by atoms with van der Waals surface area (Å²) in [5.74, 6) is -1.11. The molecule has 0 aliphatic heterocycles. The highest BCUT2D eigenvalue weighted by Gasteiger charge is 2.25. The van der Waals surface area contributed by atoms with Gasteiger partial charge in [-0.15, -0.1) is 0 Å². The summed E-state index contributed by atoms with van der Waals surface area (Å²) in [5, 5.41) is 10.0. The predicted molar refractivity (Wildman–Crippen MR) is 172 cm³/mol. The molecule has 0 spiro atoms. The number of ether oxygens (including phenoxy) is 2. The minimum Gasteiger partial charge on any atom is -0.487 e. The summed E-state index contributed by atoms with van der Waals surface area (Å²) in [7, 11) is -4.30. The number of nitrogens with zero attached hydrogens (tertiary/aromatic N) is 3. The van der Waals surface area contributed by atoms with Crippen LogP contribution >= 0.6 is 11.6 Å². The number of sulfonamides is 1. The van der Waals surface area contributed by atoms with Gasteiger partial charge < -0.3 is 20.2 Å². The van der Waals surface area contributed by atoms with Gasteiger partial charge in [0, 0.05) is 33.1 Å². The molecule has 3 aromatic carbocycles. The Balaban J connectivity index is 1.36. The van der Waals surface area contributed by atoms with Gasteiger partial charge in [0.05, 0.1) is 34.2 Å².